The summed E-state index contributed by atoms with van der Waals surface area (Å²) in [5, 5.41) is 9.68. The molecule has 6 nitrogen and oxygen atoms in total. The summed E-state index contributed by atoms with van der Waals surface area (Å²) < 4.78 is 13.7. The van der Waals surface area contributed by atoms with Crippen molar-refractivity contribution in [3.05, 3.63) is 148 Å². The van der Waals surface area contributed by atoms with Crippen LogP contribution in [0.4, 0.5) is 0 Å². The number of benzene rings is 5. The molecule has 0 N–H and O–H groups in total. The van der Waals surface area contributed by atoms with Crippen molar-refractivity contribution in [3.63, 3.8) is 0 Å². The predicted molar refractivity (Wildman–Crippen MR) is 233 cm³/mol. The molecule has 9 rings (SSSR count). The molecule has 0 atom stereocenters. The minimum Gasteiger partial charge on any atom is -0.457 e. The van der Waals surface area contributed by atoms with Crippen molar-refractivity contribution in [2.24, 2.45) is 0 Å². The van der Waals surface area contributed by atoms with E-state index in [1.54, 1.807) is 0 Å². The van der Waals surface area contributed by atoms with Crippen LogP contribution in [0.3, 0.4) is 0 Å². The molecule has 0 aliphatic carbocycles. The molecule has 0 fully saturated rings. The van der Waals surface area contributed by atoms with E-state index in [-0.39, 0.29) is 5.41 Å². The Morgan fingerprint density at radius 1 is 0.554 bits per heavy atom. The van der Waals surface area contributed by atoms with Crippen molar-refractivity contribution in [2.45, 2.75) is 81.6 Å². The van der Waals surface area contributed by atoms with E-state index in [0.717, 1.165) is 61.9 Å². The van der Waals surface area contributed by atoms with Crippen LogP contribution < -0.4 is 4.74 Å². The number of hydrogen-bond donors (Lipinski definition) is 0. The van der Waals surface area contributed by atoms with Gasteiger partial charge in [-0.2, -0.15) is 5.10 Å². The van der Waals surface area contributed by atoms with Gasteiger partial charge in [0.05, 0.1) is 39.1 Å². The summed E-state index contributed by atoms with van der Waals surface area (Å²) in [5.41, 5.74) is 17.4. The molecular weight excluding hydrogens is 687 g/mol. The van der Waals surface area contributed by atoms with E-state index < -0.39 is 0 Å². The molecule has 0 saturated carbocycles. The zero-order chi connectivity index (χ0) is 39.4. The third kappa shape index (κ3) is 5.45. The van der Waals surface area contributed by atoms with Crippen molar-refractivity contribution in [1.82, 2.24) is 23.9 Å². The fraction of sp³-hybridized carbons (Fsp3) is 0.240. The Bertz CT molecular complexity index is 3010. The van der Waals surface area contributed by atoms with Crippen LogP contribution in [0.25, 0.3) is 60.8 Å². The van der Waals surface area contributed by atoms with Crippen molar-refractivity contribution in [2.75, 3.05) is 0 Å². The lowest BCUT2D eigenvalue weighted by Crippen LogP contribution is -2.12. The normalized spacial score (nSPS) is 12.2. The second-order valence-electron chi connectivity index (χ2n) is 16.8. The molecule has 0 radical (unpaired) electrons. The SMILES string of the molecule is Cc1cc(C)n(-c2cc(Oc3ccc4c5ccccc5n(-c5ncc(C)c(-n6c7c(C)c(C)ccc7c7ccc(C)c(C)c76)c5C)c4c3)cc(C(C)(C)C)c2)n1. The molecule has 0 bridgehead atoms. The van der Waals surface area contributed by atoms with Gasteiger partial charge in [0.15, 0.2) is 0 Å². The highest BCUT2D eigenvalue weighted by molar-refractivity contribution is 6.12. The monoisotopic (exact) mass is 735 g/mol. The Labute approximate surface area is 329 Å². The predicted octanol–water partition coefficient (Wildman–Crippen LogP) is 13.0. The lowest BCUT2D eigenvalue weighted by atomic mass is 9.86. The van der Waals surface area contributed by atoms with Crippen molar-refractivity contribution < 1.29 is 4.74 Å². The smallest absolute Gasteiger partial charge is 0.142 e. The van der Waals surface area contributed by atoms with Gasteiger partial charge in [-0.25, -0.2) is 9.67 Å². The quantitative estimate of drug-likeness (QED) is 0.177. The minimum absolute atomic E-state index is 0.0855. The number of rotatable bonds is 5. The number of pyridine rings is 1. The maximum atomic E-state index is 6.82. The number of para-hydroxylation sites is 1. The van der Waals surface area contributed by atoms with E-state index in [1.807, 2.05) is 17.8 Å². The van der Waals surface area contributed by atoms with Crippen molar-refractivity contribution >= 4 is 43.6 Å². The number of hydrogen-bond acceptors (Lipinski definition) is 3. The van der Waals surface area contributed by atoms with Crippen LogP contribution in [0.2, 0.25) is 0 Å². The molecule has 280 valence electrons. The van der Waals surface area contributed by atoms with E-state index in [0.29, 0.717) is 0 Å². The van der Waals surface area contributed by atoms with Gasteiger partial charge in [0, 0.05) is 51.1 Å². The molecule has 0 aliphatic heterocycles. The molecule has 4 aromatic heterocycles. The van der Waals surface area contributed by atoms with Crippen molar-refractivity contribution in [1.29, 1.82) is 0 Å². The van der Waals surface area contributed by atoms with E-state index >= 15 is 0 Å². The zero-order valence-corrected chi connectivity index (χ0v) is 34.4. The Morgan fingerprint density at radius 3 is 1.84 bits per heavy atom. The zero-order valence-electron chi connectivity index (χ0n) is 34.4. The average Bonchev–Trinajstić information content (AvgIpc) is 3.79. The van der Waals surface area contributed by atoms with Crippen LogP contribution in [0, 0.1) is 55.4 Å². The molecule has 4 heterocycles. The second kappa shape index (κ2) is 12.7. The highest BCUT2D eigenvalue weighted by atomic mass is 16.5. The highest BCUT2D eigenvalue weighted by Gasteiger charge is 2.24. The molecule has 0 saturated heterocycles. The summed E-state index contributed by atoms with van der Waals surface area (Å²) >= 11 is 0. The Hall–Kier alpha value is -6.14. The van der Waals surface area contributed by atoms with Crippen molar-refractivity contribution in [3.8, 4) is 28.7 Å². The maximum absolute atomic E-state index is 6.82. The summed E-state index contributed by atoms with van der Waals surface area (Å²) in [5.74, 6) is 2.44. The Kier molecular flexibility index (Phi) is 8.07. The highest BCUT2D eigenvalue weighted by Crippen LogP contribution is 2.42. The summed E-state index contributed by atoms with van der Waals surface area (Å²) in [4.78, 5) is 5.24. The molecule has 5 aromatic carbocycles. The summed E-state index contributed by atoms with van der Waals surface area (Å²) in [6.45, 7) is 24.2. The van der Waals surface area contributed by atoms with Gasteiger partial charge in [0.2, 0.25) is 0 Å². The average molecular weight is 736 g/mol. The van der Waals surface area contributed by atoms with Crippen LogP contribution in [0.1, 0.15) is 71.1 Å². The van der Waals surface area contributed by atoms with E-state index in [2.05, 4.69) is 169 Å². The number of aryl methyl sites for hydroxylation is 7. The summed E-state index contributed by atoms with van der Waals surface area (Å²) in [7, 11) is 0. The topological polar surface area (TPSA) is 49.8 Å². The summed E-state index contributed by atoms with van der Waals surface area (Å²) in [6, 6.07) is 32.8. The number of fused-ring (bicyclic) bond motifs is 6. The Balaban J connectivity index is 1.27. The summed E-state index contributed by atoms with van der Waals surface area (Å²) in [6.07, 6.45) is 2.05. The minimum atomic E-state index is -0.0855. The van der Waals surface area contributed by atoms with Gasteiger partial charge < -0.3 is 9.30 Å². The molecule has 56 heavy (non-hydrogen) atoms. The number of aromatic nitrogens is 5. The Morgan fingerprint density at radius 2 is 1.20 bits per heavy atom. The molecule has 9 aromatic rings. The van der Waals surface area contributed by atoms with E-state index in [9.17, 15) is 0 Å². The maximum Gasteiger partial charge on any atom is 0.142 e. The van der Waals surface area contributed by atoms with Gasteiger partial charge in [0.1, 0.15) is 17.3 Å². The first-order chi connectivity index (χ1) is 26.7. The lowest BCUT2D eigenvalue weighted by molar-refractivity contribution is 0.478. The van der Waals surface area contributed by atoms with Crippen LogP contribution in [-0.2, 0) is 5.41 Å². The third-order valence-electron chi connectivity index (χ3n) is 11.9. The molecule has 0 aliphatic rings. The van der Waals surface area contributed by atoms with E-state index in [4.69, 9.17) is 14.8 Å². The van der Waals surface area contributed by atoms with Crippen LogP contribution in [0.15, 0.2) is 97.2 Å². The molecular formula is C50H49N5O. The van der Waals surface area contributed by atoms with Crippen LogP contribution in [-0.4, -0.2) is 23.9 Å². The van der Waals surface area contributed by atoms with E-state index in [1.165, 1.54) is 60.7 Å². The fourth-order valence-corrected chi connectivity index (χ4v) is 8.70. The third-order valence-corrected chi connectivity index (χ3v) is 11.9. The lowest BCUT2D eigenvalue weighted by Gasteiger charge is -2.22. The van der Waals surface area contributed by atoms with Gasteiger partial charge in [-0.05, 0) is 131 Å². The van der Waals surface area contributed by atoms with Gasteiger partial charge >= 0.3 is 0 Å². The molecule has 0 amide bonds. The standard InChI is InChI=1S/C50H49N5O/c1-28-16-19-42-43-20-17-29(2)34(7)48(43)54(47(42)33(28)6)46-30(3)27-51-49(35(46)8)53-44-15-13-12-14-40(44)41-21-18-38(26-45(41)53)56-39-24-36(50(9,10)11)23-37(25-39)55-32(5)22-31(4)52-55/h12-27H,1-11H3. The largest absolute Gasteiger partial charge is 0.457 e. The molecule has 6 heteroatoms. The van der Waals surface area contributed by atoms with Gasteiger partial charge in [0.25, 0.3) is 0 Å². The first-order valence-corrected chi connectivity index (χ1v) is 19.6. The first-order valence-electron chi connectivity index (χ1n) is 19.6. The fourth-order valence-electron chi connectivity index (χ4n) is 8.70. The number of ether oxygens (including phenoxy) is 1. The van der Waals surface area contributed by atoms with Gasteiger partial charge in [-0.1, -0.05) is 63.2 Å². The number of nitrogens with zero attached hydrogens (tertiary/aromatic N) is 5. The second-order valence-corrected chi connectivity index (χ2v) is 16.8. The van der Waals surface area contributed by atoms with Gasteiger partial charge in [-0.15, -0.1) is 0 Å². The van der Waals surface area contributed by atoms with Gasteiger partial charge in [-0.3, -0.25) is 4.57 Å². The van der Waals surface area contributed by atoms with Crippen LogP contribution in [0.5, 0.6) is 11.5 Å². The van der Waals surface area contributed by atoms with Crippen LogP contribution >= 0.6 is 0 Å². The first kappa shape index (κ1) is 35.6. The molecule has 0 spiro atoms. The molecule has 0 unspecified atom stereocenters.